The molecule has 2 amide bonds. The summed E-state index contributed by atoms with van der Waals surface area (Å²) in [6.07, 6.45) is 3.94. The molecule has 1 aliphatic rings. The molecule has 0 bridgehead atoms. The van der Waals surface area contributed by atoms with Gasteiger partial charge in [-0.3, -0.25) is 13.9 Å². The van der Waals surface area contributed by atoms with Gasteiger partial charge in [0.25, 0.3) is 10.0 Å². The summed E-state index contributed by atoms with van der Waals surface area (Å²) in [6, 6.07) is 23.2. The van der Waals surface area contributed by atoms with Gasteiger partial charge in [0.2, 0.25) is 11.8 Å². The molecule has 1 N–H and O–H groups in total. The van der Waals surface area contributed by atoms with Gasteiger partial charge < -0.3 is 19.7 Å². The SMILES string of the molecule is COc1ccc(S(=O)(=O)N(CC(=O)N(Cc2ccc(Cl)c(Cl)c2)[C@H](Cc2ccccc2)C(=O)NC2CCCC2)c2cc(C)cc(C)c2)cc1OC. The molecule has 0 saturated heterocycles. The third-order valence-electron chi connectivity index (χ3n) is 9.03. The average molecular weight is 753 g/mol. The predicted molar refractivity (Wildman–Crippen MR) is 201 cm³/mol. The zero-order valence-corrected chi connectivity index (χ0v) is 31.5. The minimum absolute atomic E-state index is 0.00472. The van der Waals surface area contributed by atoms with Gasteiger partial charge in [-0.2, -0.15) is 0 Å². The number of nitrogens with one attached hydrogen (secondary N) is 1. The lowest BCUT2D eigenvalue weighted by molar-refractivity contribution is -0.140. The average Bonchev–Trinajstić information content (AvgIpc) is 3.62. The highest BCUT2D eigenvalue weighted by Gasteiger charge is 2.36. The van der Waals surface area contributed by atoms with Gasteiger partial charge in [0.1, 0.15) is 12.6 Å². The molecule has 12 heteroatoms. The Morgan fingerprint density at radius 1 is 0.824 bits per heavy atom. The molecule has 0 unspecified atom stereocenters. The van der Waals surface area contributed by atoms with Crippen LogP contribution >= 0.6 is 23.2 Å². The van der Waals surface area contributed by atoms with E-state index in [1.807, 2.05) is 50.2 Å². The summed E-state index contributed by atoms with van der Waals surface area (Å²) >= 11 is 12.6. The van der Waals surface area contributed by atoms with Gasteiger partial charge in [0.15, 0.2) is 11.5 Å². The zero-order chi connectivity index (χ0) is 36.7. The molecule has 270 valence electrons. The number of hydrogen-bond donors (Lipinski definition) is 1. The number of rotatable bonds is 14. The van der Waals surface area contributed by atoms with Gasteiger partial charge in [-0.15, -0.1) is 0 Å². The molecule has 5 rings (SSSR count). The topological polar surface area (TPSA) is 105 Å². The number of sulfonamides is 1. The van der Waals surface area contributed by atoms with E-state index in [4.69, 9.17) is 32.7 Å². The van der Waals surface area contributed by atoms with Gasteiger partial charge in [-0.1, -0.05) is 78.5 Å². The highest BCUT2D eigenvalue weighted by atomic mass is 35.5. The summed E-state index contributed by atoms with van der Waals surface area (Å²) < 4.78 is 41.0. The van der Waals surface area contributed by atoms with Crippen LogP contribution in [0.5, 0.6) is 11.5 Å². The molecule has 1 saturated carbocycles. The van der Waals surface area contributed by atoms with Crippen LogP contribution in [0.15, 0.2) is 89.8 Å². The first-order chi connectivity index (χ1) is 24.4. The standard InChI is InChI=1S/C39H43Cl2N3O6S/c1-26-18-27(2)20-31(19-26)44(51(47,48)32-15-17-36(49-3)37(23-32)50-4)25-38(45)43(24-29-14-16-33(40)34(41)21-29)35(22-28-10-6-5-7-11-28)39(46)42-30-12-8-9-13-30/h5-7,10-11,14-21,23,30,35H,8-9,12-13,22,24-25H2,1-4H3,(H,42,46)/t35-/m1/s1. The van der Waals surface area contributed by atoms with Crippen molar-refractivity contribution in [3.8, 4) is 11.5 Å². The number of methoxy groups -OCH3 is 2. The first-order valence-electron chi connectivity index (χ1n) is 16.8. The van der Waals surface area contributed by atoms with Crippen molar-refractivity contribution in [1.82, 2.24) is 10.2 Å². The molecule has 9 nitrogen and oxygen atoms in total. The minimum Gasteiger partial charge on any atom is -0.493 e. The van der Waals surface area contributed by atoms with E-state index in [-0.39, 0.29) is 35.6 Å². The molecular formula is C39H43Cl2N3O6S. The van der Waals surface area contributed by atoms with E-state index in [9.17, 15) is 18.0 Å². The Morgan fingerprint density at radius 3 is 2.12 bits per heavy atom. The van der Waals surface area contributed by atoms with E-state index in [0.717, 1.165) is 46.7 Å². The van der Waals surface area contributed by atoms with Crippen LogP contribution in [-0.2, 0) is 32.6 Å². The molecule has 0 aliphatic heterocycles. The van der Waals surface area contributed by atoms with Crippen LogP contribution in [0.1, 0.15) is 47.9 Å². The van der Waals surface area contributed by atoms with Crippen LogP contribution in [0, 0.1) is 13.8 Å². The summed E-state index contributed by atoms with van der Waals surface area (Å²) in [5.41, 5.74) is 3.41. The third-order valence-corrected chi connectivity index (χ3v) is 11.5. The Labute approximate surface area is 310 Å². The zero-order valence-electron chi connectivity index (χ0n) is 29.2. The van der Waals surface area contributed by atoms with E-state index >= 15 is 0 Å². The van der Waals surface area contributed by atoms with E-state index < -0.39 is 28.5 Å². The lowest BCUT2D eigenvalue weighted by Crippen LogP contribution is -2.54. The molecule has 0 heterocycles. The first-order valence-corrected chi connectivity index (χ1v) is 19.0. The van der Waals surface area contributed by atoms with Gasteiger partial charge >= 0.3 is 0 Å². The summed E-state index contributed by atoms with van der Waals surface area (Å²) in [5.74, 6) is -0.306. The molecule has 0 radical (unpaired) electrons. The Bertz CT molecular complexity index is 1950. The normalized spacial score (nSPS) is 13.8. The van der Waals surface area contributed by atoms with E-state index in [0.29, 0.717) is 27.0 Å². The fourth-order valence-electron chi connectivity index (χ4n) is 6.48. The Hall–Kier alpha value is -4.25. The predicted octanol–water partition coefficient (Wildman–Crippen LogP) is 7.52. The summed E-state index contributed by atoms with van der Waals surface area (Å²) in [4.78, 5) is 30.5. The fourth-order valence-corrected chi connectivity index (χ4v) is 8.22. The first kappa shape index (κ1) is 38.0. The Morgan fingerprint density at radius 2 is 1.49 bits per heavy atom. The Kier molecular flexibility index (Phi) is 12.5. The van der Waals surface area contributed by atoms with Crippen molar-refractivity contribution >= 4 is 50.7 Å². The van der Waals surface area contributed by atoms with Crippen LogP contribution in [0.2, 0.25) is 10.0 Å². The lowest BCUT2D eigenvalue weighted by Gasteiger charge is -2.34. The minimum atomic E-state index is -4.37. The molecule has 4 aromatic rings. The highest BCUT2D eigenvalue weighted by Crippen LogP contribution is 2.33. The molecule has 0 aromatic heterocycles. The number of ether oxygens (including phenoxy) is 2. The number of anilines is 1. The van der Waals surface area contributed by atoms with Crippen molar-refractivity contribution in [2.45, 2.75) is 69.5 Å². The largest absolute Gasteiger partial charge is 0.493 e. The van der Waals surface area contributed by atoms with Crippen LogP contribution < -0.4 is 19.1 Å². The van der Waals surface area contributed by atoms with Gasteiger partial charge in [0.05, 0.1) is 34.8 Å². The number of benzene rings is 4. The van der Waals surface area contributed by atoms with Crippen molar-refractivity contribution in [2.75, 3.05) is 25.1 Å². The quantitative estimate of drug-likeness (QED) is 0.143. The summed E-state index contributed by atoms with van der Waals surface area (Å²) in [7, 11) is -1.49. The van der Waals surface area contributed by atoms with E-state index in [1.165, 1.54) is 37.3 Å². The van der Waals surface area contributed by atoms with Gasteiger partial charge in [-0.25, -0.2) is 8.42 Å². The number of nitrogens with zero attached hydrogens (tertiary/aromatic N) is 2. The van der Waals surface area contributed by atoms with Crippen molar-refractivity contribution in [2.24, 2.45) is 0 Å². The number of carbonyl (C=O) groups excluding carboxylic acids is 2. The van der Waals surface area contributed by atoms with Crippen LogP contribution in [0.4, 0.5) is 5.69 Å². The van der Waals surface area contributed by atoms with E-state index in [1.54, 1.807) is 30.3 Å². The molecule has 4 aromatic carbocycles. The number of amides is 2. The highest BCUT2D eigenvalue weighted by molar-refractivity contribution is 7.92. The molecule has 1 aliphatic carbocycles. The lowest BCUT2D eigenvalue weighted by atomic mass is 10.0. The second-order valence-corrected chi connectivity index (χ2v) is 15.5. The molecule has 1 atom stereocenters. The maximum absolute atomic E-state index is 14.9. The second-order valence-electron chi connectivity index (χ2n) is 12.8. The molecular weight excluding hydrogens is 709 g/mol. The number of halogens is 2. The van der Waals surface area contributed by atoms with Crippen molar-refractivity contribution in [3.05, 3.63) is 117 Å². The monoisotopic (exact) mass is 751 g/mol. The van der Waals surface area contributed by atoms with Crippen molar-refractivity contribution < 1.29 is 27.5 Å². The molecule has 1 fully saturated rings. The second kappa shape index (κ2) is 16.8. The number of carbonyl (C=O) groups is 2. The van der Waals surface area contributed by atoms with Crippen LogP contribution in [-0.4, -0.2) is 58.0 Å². The van der Waals surface area contributed by atoms with Gasteiger partial charge in [0, 0.05) is 25.1 Å². The summed E-state index contributed by atoms with van der Waals surface area (Å²) in [5, 5.41) is 3.83. The van der Waals surface area contributed by atoms with Crippen LogP contribution in [0.25, 0.3) is 0 Å². The van der Waals surface area contributed by atoms with Crippen molar-refractivity contribution in [3.63, 3.8) is 0 Å². The third kappa shape index (κ3) is 9.36. The molecule has 0 spiro atoms. The fraction of sp³-hybridized carbons (Fsp3) is 0.333. The van der Waals surface area contributed by atoms with Crippen molar-refractivity contribution in [1.29, 1.82) is 0 Å². The maximum Gasteiger partial charge on any atom is 0.264 e. The maximum atomic E-state index is 14.9. The Balaban J connectivity index is 1.61. The smallest absolute Gasteiger partial charge is 0.264 e. The van der Waals surface area contributed by atoms with Gasteiger partial charge in [-0.05, 0) is 85.3 Å². The number of hydrogen-bond acceptors (Lipinski definition) is 6. The number of aryl methyl sites for hydroxylation is 2. The molecule has 51 heavy (non-hydrogen) atoms. The summed E-state index contributed by atoms with van der Waals surface area (Å²) in [6.45, 7) is 3.10. The van der Waals surface area contributed by atoms with Crippen LogP contribution in [0.3, 0.4) is 0 Å². The van der Waals surface area contributed by atoms with E-state index in [2.05, 4.69) is 5.32 Å².